The SMILES string of the molecule is CSC1(CNS(=O)(=O)c2c(CN)n[nH]c2C)CCCC1. The fourth-order valence-electron chi connectivity index (χ4n) is 2.74. The second kappa shape index (κ2) is 6.05. The minimum absolute atomic E-state index is 0.0353. The zero-order valence-corrected chi connectivity index (χ0v) is 13.5. The van der Waals surface area contributed by atoms with Gasteiger partial charge in [0.2, 0.25) is 10.0 Å². The average molecular weight is 318 g/mol. The number of H-pyrrole nitrogens is 1. The van der Waals surface area contributed by atoms with Crippen LogP contribution >= 0.6 is 11.8 Å². The standard InChI is InChI=1S/C12H22N4O2S2/c1-9-11(10(7-13)16-15-9)20(17,18)14-8-12(19-2)5-3-4-6-12/h14H,3-8,13H2,1-2H3,(H,15,16). The monoisotopic (exact) mass is 318 g/mol. The molecule has 1 aromatic heterocycles. The van der Waals surface area contributed by atoms with E-state index in [1.165, 1.54) is 12.8 Å². The third-order valence-corrected chi connectivity index (χ3v) is 6.98. The maximum atomic E-state index is 12.5. The Balaban J connectivity index is 2.17. The lowest BCUT2D eigenvalue weighted by atomic mass is 10.1. The van der Waals surface area contributed by atoms with Crippen LogP contribution in [0.5, 0.6) is 0 Å². The van der Waals surface area contributed by atoms with Crippen molar-refractivity contribution in [3.8, 4) is 0 Å². The zero-order valence-electron chi connectivity index (χ0n) is 11.9. The van der Waals surface area contributed by atoms with Gasteiger partial charge in [-0.3, -0.25) is 5.10 Å². The molecule has 0 spiro atoms. The van der Waals surface area contributed by atoms with Gasteiger partial charge in [0, 0.05) is 17.8 Å². The Bertz CT molecular complexity index is 562. The Morgan fingerprint density at radius 1 is 1.45 bits per heavy atom. The Labute approximate surface area is 124 Å². The molecule has 114 valence electrons. The molecule has 0 aliphatic heterocycles. The van der Waals surface area contributed by atoms with Crippen molar-refractivity contribution in [2.45, 2.75) is 48.8 Å². The van der Waals surface area contributed by atoms with Crippen LogP contribution in [-0.4, -0.2) is 36.2 Å². The van der Waals surface area contributed by atoms with Gasteiger partial charge in [0.15, 0.2) is 0 Å². The van der Waals surface area contributed by atoms with Gasteiger partial charge in [-0.15, -0.1) is 0 Å². The van der Waals surface area contributed by atoms with Gasteiger partial charge >= 0.3 is 0 Å². The molecule has 0 amide bonds. The number of hydrogen-bond acceptors (Lipinski definition) is 5. The number of sulfonamides is 1. The molecule has 2 rings (SSSR count). The Morgan fingerprint density at radius 3 is 2.65 bits per heavy atom. The molecule has 0 unspecified atom stereocenters. The third kappa shape index (κ3) is 3.03. The van der Waals surface area contributed by atoms with Crippen LogP contribution in [0.4, 0.5) is 0 Å². The van der Waals surface area contributed by atoms with Crippen molar-refractivity contribution in [3.63, 3.8) is 0 Å². The molecule has 1 heterocycles. The summed E-state index contributed by atoms with van der Waals surface area (Å²) < 4.78 is 27.7. The molecule has 6 nitrogen and oxygen atoms in total. The van der Waals surface area contributed by atoms with Crippen molar-refractivity contribution in [2.24, 2.45) is 5.73 Å². The number of aryl methyl sites for hydroxylation is 1. The molecule has 0 atom stereocenters. The van der Waals surface area contributed by atoms with Crippen molar-refractivity contribution in [1.82, 2.24) is 14.9 Å². The van der Waals surface area contributed by atoms with Crippen LogP contribution in [0.15, 0.2) is 4.90 Å². The summed E-state index contributed by atoms with van der Waals surface area (Å²) in [5.41, 5.74) is 6.47. The van der Waals surface area contributed by atoms with Gasteiger partial charge in [-0.2, -0.15) is 16.9 Å². The third-order valence-electron chi connectivity index (χ3n) is 3.96. The second-order valence-electron chi connectivity index (χ2n) is 5.25. The fourth-order valence-corrected chi connectivity index (χ4v) is 5.24. The van der Waals surface area contributed by atoms with Crippen LogP contribution in [0.25, 0.3) is 0 Å². The van der Waals surface area contributed by atoms with E-state index in [1.807, 2.05) is 6.26 Å². The minimum atomic E-state index is -3.56. The fraction of sp³-hybridized carbons (Fsp3) is 0.750. The molecule has 1 aliphatic carbocycles. The predicted octanol–water partition coefficient (Wildman–Crippen LogP) is 1.13. The predicted molar refractivity (Wildman–Crippen MR) is 81.1 cm³/mol. The highest BCUT2D eigenvalue weighted by molar-refractivity contribution is 8.00. The molecule has 1 aliphatic rings. The van der Waals surface area contributed by atoms with Gasteiger partial charge in [-0.1, -0.05) is 12.8 Å². The van der Waals surface area contributed by atoms with E-state index in [0.29, 0.717) is 17.9 Å². The Morgan fingerprint density at radius 2 is 2.10 bits per heavy atom. The number of hydrogen-bond donors (Lipinski definition) is 3. The topological polar surface area (TPSA) is 101 Å². The molecule has 1 fully saturated rings. The summed E-state index contributed by atoms with van der Waals surface area (Å²) in [6.07, 6.45) is 6.51. The summed E-state index contributed by atoms with van der Waals surface area (Å²) >= 11 is 1.76. The van der Waals surface area contributed by atoms with Gasteiger partial charge in [0.1, 0.15) is 4.90 Å². The summed E-state index contributed by atoms with van der Waals surface area (Å²) in [6.45, 7) is 2.26. The number of nitrogens with two attached hydrogens (primary N) is 1. The number of thioether (sulfide) groups is 1. The van der Waals surface area contributed by atoms with Crippen LogP contribution in [0.1, 0.15) is 37.1 Å². The lowest BCUT2D eigenvalue weighted by Gasteiger charge is -2.26. The van der Waals surface area contributed by atoms with Gasteiger partial charge in [-0.25, -0.2) is 13.1 Å². The first-order valence-corrected chi connectivity index (χ1v) is 9.44. The van der Waals surface area contributed by atoms with E-state index in [2.05, 4.69) is 14.9 Å². The maximum absolute atomic E-state index is 12.5. The number of rotatable bonds is 6. The summed E-state index contributed by atoms with van der Waals surface area (Å²) in [5, 5.41) is 6.63. The average Bonchev–Trinajstić information content (AvgIpc) is 3.04. The van der Waals surface area contributed by atoms with E-state index in [4.69, 9.17) is 5.73 Å². The molecule has 0 aromatic carbocycles. The molecule has 1 aromatic rings. The Hall–Kier alpha value is -0.570. The van der Waals surface area contributed by atoms with Gasteiger partial charge in [0.05, 0.1) is 11.4 Å². The summed E-state index contributed by atoms with van der Waals surface area (Å²) in [4.78, 5) is 0.203. The van der Waals surface area contributed by atoms with Crippen molar-refractivity contribution in [2.75, 3.05) is 12.8 Å². The Kier molecular flexibility index (Phi) is 4.78. The van der Waals surface area contributed by atoms with Crippen molar-refractivity contribution < 1.29 is 8.42 Å². The highest BCUT2D eigenvalue weighted by atomic mass is 32.2. The molecule has 1 saturated carbocycles. The zero-order chi connectivity index (χ0) is 14.8. The number of aromatic nitrogens is 2. The molecule has 0 saturated heterocycles. The molecular formula is C12H22N4O2S2. The van der Waals surface area contributed by atoms with Gasteiger partial charge in [-0.05, 0) is 26.0 Å². The molecule has 4 N–H and O–H groups in total. The lowest BCUT2D eigenvalue weighted by Crippen LogP contribution is -2.38. The lowest BCUT2D eigenvalue weighted by molar-refractivity contribution is 0.550. The van der Waals surface area contributed by atoms with Crippen LogP contribution < -0.4 is 10.5 Å². The van der Waals surface area contributed by atoms with E-state index in [-0.39, 0.29) is 16.2 Å². The quantitative estimate of drug-likeness (QED) is 0.730. The van der Waals surface area contributed by atoms with E-state index >= 15 is 0 Å². The van der Waals surface area contributed by atoms with Crippen LogP contribution in [0, 0.1) is 6.92 Å². The highest BCUT2D eigenvalue weighted by Crippen LogP contribution is 2.39. The second-order valence-corrected chi connectivity index (χ2v) is 8.23. The van der Waals surface area contributed by atoms with Crippen LogP contribution in [0.3, 0.4) is 0 Å². The van der Waals surface area contributed by atoms with E-state index in [1.54, 1.807) is 18.7 Å². The molecule has 0 bridgehead atoms. The first-order chi connectivity index (χ1) is 9.44. The van der Waals surface area contributed by atoms with Crippen LogP contribution in [0.2, 0.25) is 0 Å². The number of nitrogens with one attached hydrogen (secondary N) is 2. The smallest absolute Gasteiger partial charge is 0.244 e. The van der Waals surface area contributed by atoms with E-state index in [9.17, 15) is 8.42 Å². The van der Waals surface area contributed by atoms with Gasteiger partial charge in [0.25, 0.3) is 0 Å². The molecule has 20 heavy (non-hydrogen) atoms. The van der Waals surface area contributed by atoms with Crippen molar-refractivity contribution >= 4 is 21.8 Å². The minimum Gasteiger partial charge on any atom is -0.325 e. The van der Waals surface area contributed by atoms with E-state index in [0.717, 1.165) is 12.8 Å². The first-order valence-electron chi connectivity index (χ1n) is 6.73. The summed E-state index contributed by atoms with van der Waals surface area (Å²) in [7, 11) is -3.56. The summed E-state index contributed by atoms with van der Waals surface area (Å²) in [5.74, 6) is 0. The van der Waals surface area contributed by atoms with Crippen LogP contribution in [-0.2, 0) is 16.6 Å². The first kappa shape index (κ1) is 15.8. The van der Waals surface area contributed by atoms with E-state index < -0.39 is 10.0 Å². The molecule has 8 heteroatoms. The van der Waals surface area contributed by atoms with Crippen molar-refractivity contribution in [1.29, 1.82) is 0 Å². The summed E-state index contributed by atoms with van der Waals surface area (Å²) in [6, 6.07) is 0. The molecular weight excluding hydrogens is 296 g/mol. The maximum Gasteiger partial charge on any atom is 0.244 e. The largest absolute Gasteiger partial charge is 0.325 e. The number of aromatic amines is 1. The highest BCUT2D eigenvalue weighted by Gasteiger charge is 2.35. The normalized spacial score (nSPS) is 18.6. The number of nitrogens with zero attached hydrogens (tertiary/aromatic N) is 1. The molecule has 0 radical (unpaired) electrons. The van der Waals surface area contributed by atoms with Gasteiger partial charge < -0.3 is 5.73 Å². The van der Waals surface area contributed by atoms with Crippen molar-refractivity contribution in [3.05, 3.63) is 11.4 Å².